The maximum atomic E-state index is 12.3. The summed E-state index contributed by atoms with van der Waals surface area (Å²) in [6.45, 7) is 0. The molecule has 1 amide bonds. The molecule has 2 aromatic rings. The number of pyridine rings is 1. The van der Waals surface area contributed by atoms with Crippen LogP contribution in [0.2, 0.25) is 0 Å². The minimum Gasteiger partial charge on any atom is -0.381 e. The Bertz CT molecular complexity index is 666. The molecular weight excluding hydrogens is 266 g/mol. The molecule has 1 aliphatic rings. The number of benzene rings is 1. The molecule has 0 unspecified atom stereocenters. The summed E-state index contributed by atoms with van der Waals surface area (Å²) in [6, 6.07) is 9.92. The molecule has 0 atom stereocenters. The molecule has 5 nitrogen and oxygen atoms in total. The second kappa shape index (κ2) is 5.69. The Balaban J connectivity index is 1.81. The van der Waals surface area contributed by atoms with Gasteiger partial charge in [0.1, 0.15) is 11.5 Å². The standard InChI is InChI=1S/C16H19N3O2/c1-17-15-13-6-4-3-5-10(13)7-14(19-15)16(20)18-11-8-12(9-11)21-2/h3-7,11-12H,8-9H2,1-2H3,(H,17,19)(H,18,20). The van der Waals surface area contributed by atoms with Crippen LogP contribution in [0.3, 0.4) is 0 Å². The number of anilines is 1. The zero-order valence-electron chi connectivity index (χ0n) is 12.2. The quantitative estimate of drug-likeness (QED) is 0.904. The highest BCUT2D eigenvalue weighted by Crippen LogP contribution is 2.24. The average molecular weight is 285 g/mol. The highest BCUT2D eigenvalue weighted by molar-refractivity contribution is 6.00. The Morgan fingerprint density at radius 2 is 2.10 bits per heavy atom. The summed E-state index contributed by atoms with van der Waals surface area (Å²) in [7, 11) is 3.51. The average Bonchev–Trinajstić information content (AvgIpc) is 2.48. The number of nitrogens with zero attached hydrogens (tertiary/aromatic N) is 1. The summed E-state index contributed by atoms with van der Waals surface area (Å²) in [5.41, 5.74) is 0.443. The van der Waals surface area contributed by atoms with Crippen molar-refractivity contribution in [2.75, 3.05) is 19.5 Å². The summed E-state index contributed by atoms with van der Waals surface area (Å²) >= 11 is 0. The van der Waals surface area contributed by atoms with Crippen molar-refractivity contribution < 1.29 is 9.53 Å². The van der Waals surface area contributed by atoms with Crippen LogP contribution in [-0.4, -0.2) is 37.2 Å². The third-order valence-electron chi connectivity index (χ3n) is 3.97. The molecule has 5 heteroatoms. The van der Waals surface area contributed by atoms with Gasteiger partial charge >= 0.3 is 0 Å². The maximum Gasteiger partial charge on any atom is 0.270 e. The zero-order chi connectivity index (χ0) is 14.8. The molecular formula is C16H19N3O2. The van der Waals surface area contributed by atoms with E-state index in [1.165, 1.54) is 0 Å². The second-order valence-electron chi connectivity index (χ2n) is 5.33. The van der Waals surface area contributed by atoms with Crippen molar-refractivity contribution in [1.29, 1.82) is 0 Å². The van der Waals surface area contributed by atoms with E-state index in [4.69, 9.17) is 4.74 Å². The molecule has 2 N–H and O–H groups in total. The number of carbonyl (C=O) groups excluding carboxylic acids is 1. The van der Waals surface area contributed by atoms with Crippen molar-refractivity contribution in [3.63, 3.8) is 0 Å². The molecule has 1 heterocycles. The van der Waals surface area contributed by atoms with Crippen LogP contribution in [0.4, 0.5) is 5.82 Å². The van der Waals surface area contributed by atoms with Crippen molar-refractivity contribution in [2.24, 2.45) is 0 Å². The van der Waals surface area contributed by atoms with Gasteiger partial charge in [-0.2, -0.15) is 0 Å². The van der Waals surface area contributed by atoms with E-state index in [0.717, 1.165) is 29.4 Å². The van der Waals surface area contributed by atoms with Crippen molar-refractivity contribution in [3.8, 4) is 0 Å². The predicted octanol–water partition coefficient (Wildman–Crippen LogP) is 2.18. The summed E-state index contributed by atoms with van der Waals surface area (Å²) in [4.78, 5) is 16.7. The van der Waals surface area contributed by atoms with Gasteiger partial charge in [-0.1, -0.05) is 24.3 Å². The van der Waals surface area contributed by atoms with Crippen molar-refractivity contribution in [2.45, 2.75) is 25.0 Å². The molecule has 1 aromatic carbocycles. The van der Waals surface area contributed by atoms with Gasteiger partial charge in [0.2, 0.25) is 0 Å². The summed E-state index contributed by atoms with van der Waals surface area (Å²) in [5, 5.41) is 8.07. The summed E-state index contributed by atoms with van der Waals surface area (Å²) in [6.07, 6.45) is 2.01. The van der Waals surface area contributed by atoms with E-state index < -0.39 is 0 Å². The van der Waals surface area contributed by atoms with Gasteiger partial charge in [0, 0.05) is 25.6 Å². The number of fused-ring (bicyclic) bond motifs is 1. The first-order chi connectivity index (χ1) is 10.2. The molecule has 110 valence electrons. The van der Waals surface area contributed by atoms with Crippen LogP contribution in [-0.2, 0) is 4.74 Å². The number of ether oxygens (including phenoxy) is 1. The number of amides is 1. The number of carbonyl (C=O) groups is 1. The molecule has 21 heavy (non-hydrogen) atoms. The van der Waals surface area contributed by atoms with E-state index in [9.17, 15) is 4.79 Å². The van der Waals surface area contributed by atoms with E-state index >= 15 is 0 Å². The van der Waals surface area contributed by atoms with Crippen molar-refractivity contribution in [3.05, 3.63) is 36.0 Å². The molecule has 1 aliphatic carbocycles. The summed E-state index contributed by atoms with van der Waals surface area (Å²) in [5.74, 6) is 0.596. The largest absolute Gasteiger partial charge is 0.381 e. The van der Waals surface area contributed by atoms with Gasteiger partial charge in [0.15, 0.2) is 0 Å². The van der Waals surface area contributed by atoms with Crippen LogP contribution >= 0.6 is 0 Å². The monoisotopic (exact) mass is 285 g/mol. The van der Waals surface area contributed by atoms with Gasteiger partial charge in [-0.05, 0) is 24.3 Å². The van der Waals surface area contributed by atoms with Gasteiger partial charge in [0.05, 0.1) is 6.10 Å². The molecule has 1 aromatic heterocycles. The fourth-order valence-corrected chi connectivity index (χ4v) is 2.64. The van der Waals surface area contributed by atoms with Crippen LogP contribution in [0.1, 0.15) is 23.3 Å². The van der Waals surface area contributed by atoms with Gasteiger partial charge in [0.25, 0.3) is 5.91 Å². The topological polar surface area (TPSA) is 63.2 Å². The number of methoxy groups -OCH3 is 1. The Labute approximate surface area is 123 Å². The van der Waals surface area contributed by atoms with Crippen LogP contribution in [0.15, 0.2) is 30.3 Å². The van der Waals surface area contributed by atoms with Crippen LogP contribution in [0, 0.1) is 0 Å². The van der Waals surface area contributed by atoms with E-state index in [1.54, 1.807) is 7.11 Å². The maximum absolute atomic E-state index is 12.3. The van der Waals surface area contributed by atoms with Crippen molar-refractivity contribution in [1.82, 2.24) is 10.3 Å². The highest BCUT2D eigenvalue weighted by Gasteiger charge is 2.30. The lowest BCUT2D eigenvalue weighted by atomic mass is 9.89. The normalized spacial score (nSPS) is 20.9. The van der Waals surface area contributed by atoms with Gasteiger partial charge in [-0.15, -0.1) is 0 Å². The fourth-order valence-electron chi connectivity index (χ4n) is 2.64. The first-order valence-corrected chi connectivity index (χ1v) is 7.12. The van der Waals surface area contributed by atoms with E-state index in [2.05, 4.69) is 15.6 Å². The smallest absolute Gasteiger partial charge is 0.270 e. The molecule has 0 spiro atoms. The van der Waals surface area contributed by atoms with Crippen molar-refractivity contribution >= 4 is 22.5 Å². The van der Waals surface area contributed by atoms with Gasteiger partial charge in [-0.3, -0.25) is 4.79 Å². The molecule has 1 fully saturated rings. The molecule has 1 saturated carbocycles. The minimum absolute atomic E-state index is 0.128. The number of nitrogens with one attached hydrogen (secondary N) is 2. The van der Waals surface area contributed by atoms with Gasteiger partial charge in [-0.25, -0.2) is 4.98 Å². The lowest BCUT2D eigenvalue weighted by molar-refractivity contribution is 0.0175. The lowest BCUT2D eigenvalue weighted by Gasteiger charge is -2.34. The molecule has 0 radical (unpaired) electrons. The van der Waals surface area contributed by atoms with E-state index in [-0.39, 0.29) is 18.1 Å². The van der Waals surface area contributed by atoms with Gasteiger partial charge < -0.3 is 15.4 Å². The SMILES string of the molecule is CNc1nc(C(=O)NC2CC(OC)C2)cc2ccccc12. The Morgan fingerprint density at radius 1 is 1.33 bits per heavy atom. The third kappa shape index (κ3) is 2.69. The zero-order valence-corrected chi connectivity index (χ0v) is 12.2. The highest BCUT2D eigenvalue weighted by atomic mass is 16.5. The van der Waals surface area contributed by atoms with Crippen LogP contribution < -0.4 is 10.6 Å². The molecule has 0 saturated heterocycles. The first-order valence-electron chi connectivity index (χ1n) is 7.12. The first kappa shape index (κ1) is 13.8. The Kier molecular flexibility index (Phi) is 3.75. The predicted molar refractivity (Wildman–Crippen MR) is 82.6 cm³/mol. The fraction of sp³-hybridized carbons (Fsp3) is 0.375. The third-order valence-corrected chi connectivity index (χ3v) is 3.97. The Hall–Kier alpha value is -2.14. The number of aromatic nitrogens is 1. The number of hydrogen-bond donors (Lipinski definition) is 2. The number of hydrogen-bond acceptors (Lipinski definition) is 4. The minimum atomic E-state index is -0.128. The van der Waals surface area contributed by atoms with Crippen LogP contribution in [0.25, 0.3) is 10.8 Å². The number of rotatable bonds is 4. The lowest BCUT2D eigenvalue weighted by Crippen LogP contribution is -2.47. The second-order valence-corrected chi connectivity index (χ2v) is 5.33. The molecule has 0 bridgehead atoms. The van der Waals surface area contributed by atoms with Crippen LogP contribution in [0.5, 0.6) is 0 Å². The van der Waals surface area contributed by atoms with E-state index in [1.807, 2.05) is 37.4 Å². The molecule has 3 rings (SSSR count). The summed E-state index contributed by atoms with van der Waals surface area (Å²) < 4.78 is 5.22. The Morgan fingerprint density at radius 3 is 2.81 bits per heavy atom. The molecule has 0 aliphatic heterocycles. The van der Waals surface area contributed by atoms with E-state index in [0.29, 0.717) is 5.69 Å².